The summed E-state index contributed by atoms with van der Waals surface area (Å²) < 4.78 is 5.74. The van der Waals surface area contributed by atoms with Crippen molar-refractivity contribution in [2.45, 2.75) is 45.3 Å². The van der Waals surface area contributed by atoms with Crippen LogP contribution in [0, 0.1) is 5.92 Å². The summed E-state index contributed by atoms with van der Waals surface area (Å²) in [6.07, 6.45) is 4.23. The normalized spacial score (nSPS) is 35.3. The van der Waals surface area contributed by atoms with E-state index in [0.717, 1.165) is 19.1 Å². The number of halogens is 1. The quantitative estimate of drug-likeness (QED) is 0.841. The van der Waals surface area contributed by atoms with Crippen molar-refractivity contribution in [3.05, 3.63) is 0 Å². The SMILES string of the molecule is CCC1CC(CN2CCN[C@@H](C)C2)CCO1.Cl. The third-order valence-electron chi connectivity index (χ3n) is 3.90. The van der Waals surface area contributed by atoms with Crippen LogP contribution in [-0.2, 0) is 4.74 Å². The first kappa shape index (κ1) is 15.2. The van der Waals surface area contributed by atoms with Crippen LogP contribution < -0.4 is 5.32 Å². The first-order valence-corrected chi connectivity index (χ1v) is 6.85. The van der Waals surface area contributed by atoms with Crippen molar-refractivity contribution in [1.29, 1.82) is 0 Å². The molecule has 0 bridgehead atoms. The molecule has 0 aliphatic carbocycles. The Hall–Kier alpha value is 0.170. The van der Waals surface area contributed by atoms with E-state index in [9.17, 15) is 0 Å². The topological polar surface area (TPSA) is 24.5 Å². The molecule has 2 heterocycles. The lowest BCUT2D eigenvalue weighted by molar-refractivity contribution is -0.0191. The molecule has 102 valence electrons. The van der Waals surface area contributed by atoms with Crippen LogP contribution in [0.25, 0.3) is 0 Å². The number of nitrogens with zero attached hydrogens (tertiary/aromatic N) is 1. The molecule has 2 aliphatic heterocycles. The van der Waals surface area contributed by atoms with Gasteiger partial charge >= 0.3 is 0 Å². The second-order valence-corrected chi connectivity index (χ2v) is 5.41. The van der Waals surface area contributed by atoms with E-state index in [-0.39, 0.29) is 12.4 Å². The number of nitrogens with one attached hydrogen (secondary N) is 1. The first-order chi connectivity index (χ1) is 7.78. The molecule has 2 unspecified atom stereocenters. The van der Waals surface area contributed by atoms with Crippen molar-refractivity contribution in [1.82, 2.24) is 10.2 Å². The minimum Gasteiger partial charge on any atom is -0.378 e. The van der Waals surface area contributed by atoms with E-state index in [1.54, 1.807) is 0 Å². The van der Waals surface area contributed by atoms with Gasteiger partial charge in [-0.1, -0.05) is 6.92 Å². The van der Waals surface area contributed by atoms with Gasteiger partial charge in [-0.2, -0.15) is 0 Å². The summed E-state index contributed by atoms with van der Waals surface area (Å²) in [4.78, 5) is 2.63. The van der Waals surface area contributed by atoms with Crippen molar-refractivity contribution in [2.75, 3.05) is 32.8 Å². The molecule has 2 saturated heterocycles. The number of hydrogen-bond donors (Lipinski definition) is 1. The van der Waals surface area contributed by atoms with Crippen LogP contribution in [0.2, 0.25) is 0 Å². The maximum Gasteiger partial charge on any atom is 0.0575 e. The highest BCUT2D eigenvalue weighted by atomic mass is 35.5. The summed E-state index contributed by atoms with van der Waals surface area (Å²) >= 11 is 0. The zero-order valence-corrected chi connectivity index (χ0v) is 12.0. The van der Waals surface area contributed by atoms with Crippen LogP contribution >= 0.6 is 12.4 Å². The number of ether oxygens (including phenoxy) is 1. The van der Waals surface area contributed by atoms with E-state index in [4.69, 9.17) is 4.74 Å². The van der Waals surface area contributed by atoms with Gasteiger partial charge in [0.1, 0.15) is 0 Å². The van der Waals surface area contributed by atoms with Gasteiger partial charge in [0.25, 0.3) is 0 Å². The van der Waals surface area contributed by atoms with Gasteiger partial charge in [0.05, 0.1) is 6.10 Å². The molecule has 17 heavy (non-hydrogen) atoms. The lowest BCUT2D eigenvalue weighted by Gasteiger charge is -2.37. The van der Waals surface area contributed by atoms with Crippen LogP contribution in [0.1, 0.15) is 33.1 Å². The van der Waals surface area contributed by atoms with Gasteiger partial charge in [-0.3, -0.25) is 0 Å². The molecule has 0 amide bonds. The van der Waals surface area contributed by atoms with E-state index < -0.39 is 0 Å². The van der Waals surface area contributed by atoms with Gasteiger partial charge in [0.15, 0.2) is 0 Å². The molecule has 0 saturated carbocycles. The smallest absolute Gasteiger partial charge is 0.0575 e. The minimum absolute atomic E-state index is 0. The molecule has 1 N–H and O–H groups in total. The monoisotopic (exact) mass is 262 g/mol. The van der Waals surface area contributed by atoms with E-state index in [1.807, 2.05) is 0 Å². The van der Waals surface area contributed by atoms with Crippen LogP contribution in [0.15, 0.2) is 0 Å². The fourth-order valence-corrected chi connectivity index (χ4v) is 2.95. The standard InChI is InChI=1S/C13H26N2O.ClH/c1-3-13-8-12(4-7-16-13)10-15-6-5-14-11(2)9-15;/h11-14H,3-10H2,1-2H3;1H/t11-,12?,13?;/m0./s1. The largest absolute Gasteiger partial charge is 0.378 e. The molecule has 0 spiro atoms. The fraction of sp³-hybridized carbons (Fsp3) is 1.00. The first-order valence-electron chi connectivity index (χ1n) is 6.85. The molecule has 4 heteroatoms. The van der Waals surface area contributed by atoms with Crippen molar-refractivity contribution in [3.8, 4) is 0 Å². The minimum atomic E-state index is 0. The third-order valence-corrected chi connectivity index (χ3v) is 3.90. The second kappa shape index (κ2) is 7.57. The molecule has 2 aliphatic rings. The van der Waals surface area contributed by atoms with Crippen molar-refractivity contribution in [3.63, 3.8) is 0 Å². The van der Waals surface area contributed by atoms with Gasteiger partial charge in [0.2, 0.25) is 0 Å². The fourth-order valence-electron chi connectivity index (χ4n) is 2.95. The Kier molecular flexibility index (Phi) is 6.78. The maximum absolute atomic E-state index is 5.74. The Morgan fingerprint density at radius 3 is 2.94 bits per heavy atom. The Morgan fingerprint density at radius 1 is 1.41 bits per heavy atom. The van der Waals surface area contributed by atoms with E-state index in [0.29, 0.717) is 12.1 Å². The van der Waals surface area contributed by atoms with Gasteiger partial charge in [-0.15, -0.1) is 12.4 Å². The summed E-state index contributed by atoms with van der Waals surface area (Å²) in [7, 11) is 0. The molecule has 0 aromatic heterocycles. The van der Waals surface area contributed by atoms with Crippen molar-refractivity contribution >= 4 is 12.4 Å². The zero-order chi connectivity index (χ0) is 11.4. The molecule has 0 aromatic rings. The van der Waals surface area contributed by atoms with Crippen LogP contribution in [-0.4, -0.2) is 49.8 Å². The molecule has 2 rings (SSSR count). The second-order valence-electron chi connectivity index (χ2n) is 5.41. The number of rotatable bonds is 3. The van der Waals surface area contributed by atoms with Crippen LogP contribution in [0.5, 0.6) is 0 Å². The van der Waals surface area contributed by atoms with E-state index >= 15 is 0 Å². The third kappa shape index (κ3) is 4.74. The molecule has 0 aromatic carbocycles. The summed E-state index contributed by atoms with van der Waals surface area (Å²) in [5.74, 6) is 0.865. The van der Waals surface area contributed by atoms with Crippen molar-refractivity contribution < 1.29 is 4.74 Å². The van der Waals surface area contributed by atoms with Gasteiger partial charge in [-0.25, -0.2) is 0 Å². The Labute approximate surface area is 112 Å². The number of hydrogen-bond acceptors (Lipinski definition) is 3. The van der Waals surface area contributed by atoms with E-state index in [1.165, 1.54) is 38.9 Å². The summed E-state index contributed by atoms with van der Waals surface area (Å²) in [5, 5.41) is 3.50. The lowest BCUT2D eigenvalue weighted by Crippen LogP contribution is -2.50. The van der Waals surface area contributed by atoms with Crippen LogP contribution in [0.3, 0.4) is 0 Å². The van der Waals surface area contributed by atoms with Crippen molar-refractivity contribution in [2.24, 2.45) is 5.92 Å². The summed E-state index contributed by atoms with van der Waals surface area (Å²) in [6, 6.07) is 0.663. The van der Waals surface area contributed by atoms with E-state index in [2.05, 4.69) is 24.1 Å². The number of piperazine rings is 1. The highest BCUT2D eigenvalue weighted by Gasteiger charge is 2.24. The Morgan fingerprint density at radius 2 is 2.24 bits per heavy atom. The molecule has 2 fully saturated rings. The molecule has 0 radical (unpaired) electrons. The molecule has 3 nitrogen and oxygen atoms in total. The highest BCUT2D eigenvalue weighted by Crippen LogP contribution is 2.23. The lowest BCUT2D eigenvalue weighted by atomic mass is 9.93. The Balaban J connectivity index is 0.00000144. The average Bonchev–Trinajstić information content (AvgIpc) is 2.29. The Bertz CT molecular complexity index is 216. The summed E-state index contributed by atoms with van der Waals surface area (Å²) in [6.45, 7) is 10.4. The van der Waals surface area contributed by atoms with Gasteiger partial charge < -0.3 is 15.0 Å². The molecule has 3 atom stereocenters. The average molecular weight is 263 g/mol. The predicted molar refractivity (Wildman–Crippen MR) is 73.9 cm³/mol. The highest BCUT2D eigenvalue weighted by molar-refractivity contribution is 5.85. The zero-order valence-electron chi connectivity index (χ0n) is 11.2. The van der Waals surface area contributed by atoms with Crippen LogP contribution in [0.4, 0.5) is 0 Å². The molecular weight excluding hydrogens is 236 g/mol. The van der Waals surface area contributed by atoms with Gasteiger partial charge in [-0.05, 0) is 32.1 Å². The summed E-state index contributed by atoms with van der Waals surface area (Å²) in [5.41, 5.74) is 0. The predicted octanol–water partition coefficient (Wildman–Crippen LogP) is 1.91. The molecular formula is C13H27ClN2O. The maximum atomic E-state index is 5.74. The van der Waals surface area contributed by atoms with Gasteiger partial charge in [0, 0.05) is 38.8 Å².